The average molecular weight is 510 g/mol. The normalized spacial score (nSPS) is 21.3. The van der Waals surface area contributed by atoms with Gasteiger partial charge in [0.1, 0.15) is 17.5 Å². The Morgan fingerprint density at radius 1 is 1.17 bits per heavy atom. The molecule has 0 unspecified atom stereocenters. The van der Waals surface area contributed by atoms with Gasteiger partial charge in [0.05, 0.1) is 11.4 Å². The van der Waals surface area contributed by atoms with Crippen LogP contribution in [0.25, 0.3) is 0 Å². The molecule has 1 aliphatic carbocycles. The van der Waals surface area contributed by atoms with Crippen molar-refractivity contribution in [2.75, 3.05) is 6.54 Å². The largest absolute Gasteiger partial charge is 0.361 e. The van der Waals surface area contributed by atoms with Gasteiger partial charge in [-0.2, -0.15) is 4.31 Å². The molecule has 4 rings (SSSR count). The van der Waals surface area contributed by atoms with Crippen LogP contribution in [0.2, 0.25) is 0 Å². The zero-order chi connectivity index (χ0) is 25.4. The van der Waals surface area contributed by atoms with Crippen molar-refractivity contribution in [3.05, 3.63) is 46.8 Å². The number of amides is 1. The Balaban J connectivity index is 1.64. The first kappa shape index (κ1) is 25.8. The van der Waals surface area contributed by atoms with E-state index in [0.29, 0.717) is 30.7 Å². The molecule has 1 atom stereocenters. The van der Waals surface area contributed by atoms with Crippen molar-refractivity contribution in [3.63, 3.8) is 0 Å². The van der Waals surface area contributed by atoms with Crippen LogP contribution >= 0.6 is 0 Å². The van der Waals surface area contributed by atoms with Crippen molar-refractivity contribution in [2.24, 2.45) is 0 Å². The first-order valence-electron chi connectivity index (χ1n) is 12.2. The van der Waals surface area contributed by atoms with E-state index in [-0.39, 0.29) is 49.6 Å². The van der Waals surface area contributed by atoms with E-state index < -0.39 is 28.0 Å². The molecule has 0 spiro atoms. The van der Waals surface area contributed by atoms with E-state index in [2.05, 4.69) is 5.16 Å². The number of sulfonamides is 1. The van der Waals surface area contributed by atoms with Crippen LogP contribution in [0, 0.1) is 13.8 Å². The number of nitrogens with zero attached hydrogens (tertiary/aromatic N) is 3. The number of aromatic nitrogens is 1. The molecule has 1 saturated heterocycles. The van der Waals surface area contributed by atoms with E-state index >= 15 is 0 Å². The Morgan fingerprint density at radius 3 is 2.46 bits per heavy atom. The molecular weight excluding hydrogens is 476 g/mol. The number of carbonyl (C=O) groups excluding carboxylic acids is 1. The van der Waals surface area contributed by atoms with Gasteiger partial charge in [-0.3, -0.25) is 4.79 Å². The van der Waals surface area contributed by atoms with Crippen LogP contribution in [0.5, 0.6) is 0 Å². The van der Waals surface area contributed by atoms with Crippen molar-refractivity contribution in [3.8, 4) is 0 Å². The number of benzene rings is 1. The van der Waals surface area contributed by atoms with Gasteiger partial charge in [-0.1, -0.05) is 29.8 Å². The van der Waals surface area contributed by atoms with Gasteiger partial charge in [-0.25, -0.2) is 17.2 Å². The fraction of sp³-hybridized carbons (Fsp3) is 0.600. The van der Waals surface area contributed by atoms with Gasteiger partial charge in [0, 0.05) is 31.0 Å². The van der Waals surface area contributed by atoms with Gasteiger partial charge in [0.2, 0.25) is 21.9 Å². The summed E-state index contributed by atoms with van der Waals surface area (Å²) in [5.41, 5.74) is 2.43. The summed E-state index contributed by atoms with van der Waals surface area (Å²) in [5, 5.41) is 4.13. The average Bonchev–Trinajstić information content (AvgIpc) is 3.45. The molecule has 1 aromatic carbocycles. The Bertz CT molecular complexity index is 1150. The zero-order valence-electron chi connectivity index (χ0n) is 20.5. The molecule has 7 nitrogen and oxygen atoms in total. The second-order valence-corrected chi connectivity index (χ2v) is 11.5. The summed E-state index contributed by atoms with van der Waals surface area (Å²) in [5.74, 6) is -2.43. The number of aryl methyl sites for hydroxylation is 2. The van der Waals surface area contributed by atoms with E-state index in [0.717, 1.165) is 11.1 Å². The van der Waals surface area contributed by atoms with Crippen LogP contribution in [0.15, 0.2) is 33.7 Å². The summed E-state index contributed by atoms with van der Waals surface area (Å²) in [6.07, 6.45) is 1.34. The maximum absolute atomic E-state index is 13.9. The van der Waals surface area contributed by atoms with E-state index in [1.54, 1.807) is 36.1 Å². The molecule has 0 radical (unpaired) electrons. The summed E-state index contributed by atoms with van der Waals surface area (Å²) >= 11 is 0. The molecule has 192 valence electrons. The van der Waals surface area contributed by atoms with Gasteiger partial charge >= 0.3 is 0 Å². The van der Waals surface area contributed by atoms with Crippen LogP contribution in [0.4, 0.5) is 8.78 Å². The molecule has 35 heavy (non-hydrogen) atoms. The highest BCUT2D eigenvalue weighted by Crippen LogP contribution is 2.37. The lowest BCUT2D eigenvalue weighted by atomic mass is 9.90. The molecule has 2 aliphatic rings. The Labute approximate surface area is 205 Å². The lowest BCUT2D eigenvalue weighted by molar-refractivity contribution is -0.141. The SMILES string of the molecule is CCc1c(CN(C(=O)[C@@H]2CCCN2S(=O)(=O)c2ccc(C)cc2)C2CCC(F)(F)CC2)noc1C. The third-order valence-electron chi connectivity index (χ3n) is 7.27. The number of halogens is 2. The smallest absolute Gasteiger partial charge is 0.248 e. The number of alkyl halides is 2. The molecular formula is C25H33F2N3O4S. The molecule has 2 aromatic rings. The van der Waals surface area contributed by atoms with Crippen LogP contribution in [-0.4, -0.2) is 53.2 Å². The Hall–Kier alpha value is -2.33. The standard InChI is InChI=1S/C25H33F2N3O4S/c1-4-21-18(3)34-28-22(21)16-29(19-11-13-25(26,27)14-12-19)24(31)23-6-5-15-30(23)35(32,33)20-9-7-17(2)8-10-20/h7-10,19,23H,4-6,11-16H2,1-3H3/t23-/m0/s1. The van der Waals surface area contributed by atoms with Crippen molar-refractivity contribution in [1.29, 1.82) is 0 Å². The van der Waals surface area contributed by atoms with Crippen LogP contribution in [0.3, 0.4) is 0 Å². The summed E-state index contributed by atoms with van der Waals surface area (Å²) in [6, 6.07) is 5.28. The Morgan fingerprint density at radius 2 is 1.83 bits per heavy atom. The molecule has 0 N–H and O–H groups in total. The number of hydrogen-bond donors (Lipinski definition) is 0. The highest BCUT2D eigenvalue weighted by Gasteiger charge is 2.45. The maximum atomic E-state index is 13.9. The second kappa shape index (κ2) is 9.97. The monoisotopic (exact) mass is 509 g/mol. The van der Waals surface area contributed by atoms with Crippen molar-refractivity contribution in [2.45, 2.75) is 95.2 Å². The molecule has 10 heteroatoms. The second-order valence-electron chi connectivity index (χ2n) is 9.66. The summed E-state index contributed by atoms with van der Waals surface area (Å²) < 4.78 is 61.3. The van der Waals surface area contributed by atoms with Gasteiger partial charge in [-0.15, -0.1) is 0 Å². The molecule has 1 saturated carbocycles. The zero-order valence-corrected chi connectivity index (χ0v) is 21.3. The minimum absolute atomic E-state index is 0.116. The van der Waals surface area contributed by atoms with Crippen LogP contribution < -0.4 is 0 Å². The summed E-state index contributed by atoms with van der Waals surface area (Å²) in [6.45, 7) is 6.00. The highest BCUT2D eigenvalue weighted by molar-refractivity contribution is 7.89. The van der Waals surface area contributed by atoms with Gasteiger partial charge in [-0.05, 0) is 58.1 Å². The highest BCUT2D eigenvalue weighted by atomic mass is 32.2. The molecule has 1 aliphatic heterocycles. The summed E-state index contributed by atoms with van der Waals surface area (Å²) in [7, 11) is -3.88. The number of rotatable bonds is 7. The number of hydrogen-bond acceptors (Lipinski definition) is 5. The van der Waals surface area contributed by atoms with Gasteiger partial charge in [0.25, 0.3) is 0 Å². The topological polar surface area (TPSA) is 83.7 Å². The van der Waals surface area contributed by atoms with E-state index in [9.17, 15) is 22.0 Å². The molecule has 0 bridgehead atoms. The number of carbonyl (C=O) groups is 1. The van der Waals surface area contributed by atoms with Crippen molar-refractivity contribution >= 4 is 15.9 Å². The third-order valence-corrected chi connectivity index (χ3v) is 9.19. The predicted molar refractivity (Wildman–Crippen MR) is 126 cm³/mol. The lowest BCUT2D eigenvalue weighted by Crippen LogP contribution is -2.52. The summed E-state index contributed by atoms with van der Waals surface area (Å²) in [4.78, 5) is 15.7. The molecule has 2 heterocycles. The van der Waals surface area contributed by atoms with Crippen LogP contribution in [0.1, 0.15) is 68.0 Å². The van der Waals surface area contributed by atoms with E-state index in [1.807, 2.05) is 13.8 Å². The minimum Gasteiger partial charge on any atom is -0.361 e. The van der Waals surface area contributed by atoms with Crippen molar-refractivity contribution in [1.82, 2.24) is 14.4 Å². The fourth-order valence-corrected chi connectivity index (χ4v) is 6.86. The molecule has 2 fully saturated rings. The van der Waals surface area contributed by atoms with Gasteiger partial charge in [0.15, 0.2) is 0 Å². The maximum Gasteiger partial charge on any atom is 0.248 e. The van der Waals surface area contributed by atoms with E-state index in [1.165, 1.54) is 4.31 Å². The quantitative estimate of drug-likeness (QED) is 0.544. The van der Waals surface area contributed by atoms with Gasteiger partial charge < -0.3 is 9.42 Å². The van der Waals surface area contributed by atoms with Crippen molar-refractivity contribution < 1.29 is 26.5 Å². The first-order valence-corrected chi connectivity index (χ1v) is 13.7. The van der Waals surface area contributed by atoms with E-state index in [4.69, 9.17) is 4.52 Å². The molecule has 1 aromatic heterocycles. The lowest BCUT2D eigenvalue weighted by Gasteiger charge is -2.39. The third kappa shape index (κ3) is 5.28. The van der Waals surface area contributed by atoms with Crippen LogP contribution in [-0.2, 0) is 27.8 Å². The predicted octanol–water partition coefficient (Wildman–Crippen LogP) is 4.61. The first-order chi connectivity index (χ1) is 16.5. The fourth-order valence-electron chi connectivity index (χ4n) is 5.21. The Kier molecular flexibility index (Phi) is 7.33. The molecule has 1 amide bonds. The minimum atomic E-state index is -3.88.